The van der Waals surface area contributed by atoms with E-state index in [1.807, 2.05) is 13.0 Å². The fourth-order valence-corrected chi connectivity index (χ4v) is 7.58. The molecule has 0 fully saturated rings. The third kappa shape index (κ3) is 3.78. The van der Waals surface area contributed by atoms with Crippen molar-refractivity contribution in [3.05, 3.63) is 81.8 Å². The molecule has 0 aromatic heterocycles. The highest BCUT2D eigenvalue weighted by atomic mass is 16.3. The highest BCUT2D eigenvalue weighted by molar-refractivity contribution is 6.24. The first kappa shape index (κ1) is 28.6. The lowest BCUT2D eigenvalue weighted by Gasteiger charge is -2.57. The predicted octanol–water partition coefficient (Wildman–Crippen LogP) is 6.29. The molecule has 3 atom stereocenters. The highest BCUT2D eigenvalue weighted by Gasteiger charge is 2.67. The summed E-state index contributed by atoms with van der Waals surface area (Å²) < 4.78 is 0. The lowest BCUT2D eigenvalue weighted by molar-refractivity contribution is -0.158. The quantitative estimate of drug-likeness (QED) is 0.257. The van der Waals surface area contributed by atoms with Crippen LogP contribution in [0.1, 0.15) is 87.4 Å². The van der Waals surface area contributed by atoms with Gasteiger partial charge in [0.15, 0.2) is 17.2 Å². The van der Waals surface area contributed by atoms with Gasteiger partial charge < -0.3 is 20.4 Å². The van der Waals surface area contributed by atoms with Crippen molar-refractivity contribution in [2.75, 3.05) is 0 Å². The third-order valence-electron chi connectivity index (χ3n) is 9.43. The molecular formula is C34H36O7. The highest BCUT2D eigenvalue weighted by Crippen LogP contribution is 2.65. The molecule has 0 radical (unpaired) electrons. The molecule has 0 aliphatic heterocycles. The lowest BCUT2D eigenvalue weighted by Crippen LogP contribution is -2.63. The fraction of sp³-hybridized carbons (Fsp3) is 0.382. The molecule has 41 heavy (non-hydrogen) atoms. The molecule has 4 N–H and O–H groups in total. The number of carbonyl (C=O) groups is 3. The molecule has 2 aromatic rings. The van der Waals surface area contributed by atoms with Crippen molar-refractivity contribution in [2.45, 2.75) is 72.3 Å². The third-order valence-corrected chi connectivity index (χ3v) is 9.43. The fourth-order valence-electron chi connectivity index (χ4n) is 7.58. The molecule has 0 heterocycles. The molecule has 0 saturated carbocycles. The minimum atomic E-state index is -2.45. The van der Waals surface area contributed by atoms with Crippen molar-refractivity contribution in [3.63, 3.8) is 0 Å². The van der Waals surface area contributed by atoms with E-state index in [9.17, 15) is 34.8 Å². The van der Waals surface area contributed by atoms with Gasteiger partial charge in [-0.15, -0.1) is 0 Å². The summed E-state index contributed by atoms with van der Waals surface area (Å²) in [6.45, 7) is 14.6. The number of ketones is 3. The molecule has 0 spiro atoms. The molecular weight excluding hydrogens is 520 g/mol. The van der Waals surface area contributed by atoms with Gasteiger partial charge in [0, 0.05) is 39.5 Å². The Bertz CT molecular complexity index is 1640. The van der Waals surface area contributed by atoms with Crippen molar-refractivity contribution in [1.82, 2.24) is 0 Å². The average molecular weight is 557 g/mol. The van der Waals surface area contributed by atoms with Crippen LogP contribution in [0.5, 0.6) is 5.75 Å². The normalized spacial score (nSPS) is 27.5. The van der Waals surface area contributed by atoms with E-state index >= 15 is 0 Å². The number of benzene rings is 2. The summed E-state index contributed by atoms with van der Waals surface area (Å²) in [5.74, 6) is -2.76. The van der Waals surface area contributed by atoms with E-state index in [0.29, 0.717) is 34.2 Å². The Morgan fingerprint density at radius 3 is 2.12 bits per heavy atom. The van der Waals surface area contributed by atoms with E-state index in [2.05, 4.69) is 20.4 Å². The number of aromatic hydroxyl groups is 1. The predicted molar refractivity (Wildman–Crippen MR) is 156 cm³/mol. The first-order valence-electron chi connectivity index (χ1n) is 13.8. The van der Waals surface area contributed by atoms with Crippen LogP contribution < -0.4 is 0 Å². The van der Waals surface area contributed by atoms with Crippen molar-refractivity contribution in [3.8, 4) is 16.9 Å². The van der Waals surface area contributed by atoms with Crippen molar-refractivity contribution in [1.29, 1.82) is 0 Å². The molecule has 5 rings (SSSR count). The summed E-state index contributed by atoms with van der Waals surface area (Å²) in [6, 6.07) is 8.89. The summed E-state index contributed by atoms with van der Waals surface area (Å²) in [5.41, 5.74) is -0.454. The van der Waals surface area contributed by atoms with Crippen LogP contribution in [0.25, 0.3) is 16.7 Å². The second kappa shape index (κ2) is 9.02. The van der Waals surface area contributed by atoms with E-state index in [0.717, 1.165) is 18.1 Å². The number of phenolic OH excluding ortho intramolecular Hbond substituents is 1. The zero-order valence-electron chi connectivity index (χ0n) is 24.3. The van der Waals surface area contributed by atoms with E-state index < -0.39 is 39.3 Å². The van der Waals surface area contributed by atoms with Gasteiger partial charge >= 0.3 is 0 Å². The average Bonchev–Trinajstić information content (AvgIpc) is 2.85. The summed E-state index contributed by atoms with van der Waals surface area (Å²) in [6.07, 6.45) is 0.436. The number of hydrogen-bond acceptors (Lipinski definition) is 7. The van der Waals surface area contributed by atoms with Gasteiger partial charge in [0.05, 0.1) is 0 Å². The van der Waals surface area contributed by atoms with Crippen LogP contribution in [0.4, 0.5) is 0 Å². The van der Waals surface area contributed by atoms with Crippen LogP contribution in [0.3, 0.4) is 0 Å². The van der Waals surface area contributed by atoms with Gasteiger partial charge in [-0.25, -0.2) is 0 Å². The number of Topliss-reactive ketones (excluding diaryl/α,β-unsaturated/α-hetero) is 3. The second-order valence-electron chi connectivity index (χ2n) is 12.8. The van der Waals surface area contributed by atoms with E-state index in [-0.39, 0.29) is 41.6 Å². The molecule has 7 heteroatoms. The smallest absolute Gasteiger partial charge is 0.209 e. The Balaban J connectivity index is 1.77. The second-order valence-corrected chi connectivity index (χ2v) is 12.8. The summed E-state index contributed by atoms with van der Waals surface area (Å²) in [7, 11) is 0. The van der Waals surface area contributed by atoms with E-state index in [1.165, 1.54) is 6.92 Å². The van der Waals surface area contributed by atoms with Gasteiger partial charge in [-0.3, -0.25) is 14.4 Å². The number of rotatable bonds is 4. The summed E-state index contributed by atoms with van der Waals surface area (Å²) in [4.78, 5) is 37.7. The van der Waals surface area contributed by atoms with Gasteiger partial charge in [0.2, 0.25) is 5.78 Å². The number of allylic oxidation sites excluding steroid dienone is 3. The van der Waals surface area contributed by atoms with Crippen molar-refractivity contribution < 1.29 is 34.8 Å². The molecule has 0 saturated heterocycles. The maximum atomic E-state index is 13.6. The lowest BCUT2D eigenvalue weighted by atomic mass is 9.48. The molecule has 3 aliphatic rings. The molecule has 0 bridgehead atoms. The topological polar surface area (TPSA) is 132 Å². The number of hydrogen-bond donors (Lipinski definition) is 4. The van der Waals surface area contributed by atoms with Crippen LogP contribution in [-0.2, 0) is 16.0 Å². The Hall–Kier alpha value is -3.97. The first-order valence-corrected chi connectivity index (χ1v) is 13.8. The molecule has 7 nitrogen and oxygen atoms in total. The van der Waals surface area contributed by atoms with Gasteiger partial charge in [-0.2, -0.15) is 0 Å². The zero-order chi connectivity index (χ0) is 30.4. The number of carbonyl (C=O) groups excluding carboxylic acids is 3. The SMILES string of the molecule is C=C1C2=C(O)[C@@]3(O)C(=O)C(C(C)=O)=C(O)C[C@@]3(C)C[C@@]2(C)Cc2c(C(C)C)cc(-c3ccc(C(C)=O)cc3)c(O)c21. The maximum absolute atomic E-state index is 13.6. The molecule has 2 aromatic carbocycles. The Labute approximate surface area is 239 Å². The minimum Gasteiger partial charge on any atom is -0.511 e. The molecule has 3 aliphatic carbocycles. The Morgan fingerprint density at radius 2 is 1.59 bits per heavy atom. The van der Waals surface area contributed by atoms with Crippen molar-refractivity contribution in [2.24, 2.45) is 10.8 Å². The van der Waals surface area contributed by atoms with Gasteiger partial charge in [0.25, 0.3) is 0 Å². The van der Waals surface area contributed by atoms with Crippen LogP contribution in [0.2, 0.25) is 0 Å². The van der Waals surface area contributed by atoms with Crippen LogP contribution in [0, 0.1) is 10.8 Å². The standard InChI is InChI=1S/C34H36O7/c1-16(2)22-12-23(21-10-8-20(9-11-21)18(4)35)29(38)26-17(3)28-31(40)34(41)30(39)27(19(5)36)25(37)14-33(34,7)15-32(28,6)13-24(22)26/h8-12,16,37-38,40-41H,3,13-15H2,1-2,4-7H3/t32-,33+,34+/m1/s1. The monoisotopic (exact) mass is 556 g/mol. The first-order chi connectivity index (χ1) is 19.0. The largest absolute Gasteiger partial charge is 0.511 e. The summed E-state index contributed by atoms with van der Waals surface area (Å²) >= 11 is 0. The van der Waals surface area contributed by atoms with Crippen LogP contribution >= 0.6 is 0 Å². The Kier molecular flexibility index (Phi) is 6.28. The maximum Gasteiger partial charge on any atom is 0.209 e. The number of aliphatic hydroxyl groups excluding tert-OH is 2. The number of phenols is 1. The molecule has 214 valence electrons. The summed E-state index contributed by atoms with van der Waals surface area (Å²) in [5, 5.41) is 46.2. The van der Waals surface area contributed by atoms with Gasteiger partial charge in [-0.1, -0.05) is 58.5 Å². The van der Waals surface area contributed by atoms with Gasteiger partial charge in [-0.05, 0) is 60.9 Å². The van der Waals surface area contributed by atoms with E-state index in [4.69, 9.17) is 0 Å². The number of fused-ring (bicyclic) bond motifs is 3. The van der Waals surface area contributed by atoms with Crippen molar-refractivity contribution >= 4 is 22.9 Å². The van der Waals surface area contributed by atoms with Crippen LogP contribution in [-0.4, -0.2) is 43.4 Å². The number of aliphatic hydroxyl groups is 3. The molecule has 0 amide bonds. The Morgan fingerprint density at radius 1 is 0.976 bits per heavy atom. The van der Waals surface area contributed by atoms with E-state index in [1.54, 1.807) is 31.2 Å². The molecule has 0 unspecified atom stereocenters. The van der Waals surface area contributed by atoms with Crippen LogP contribution in [0.15, 0.2) is 59.6 Å². The van der Waals surface area contributed by atoms with Gasteiger partial charge in [0.1, 0.15) is 22.8 Å². The minimum absolute atomic E-state index is 0.0513. The zero-order valence-corrected chi connectivity index (χ0v) is 24.3.